The highest BCUT2D eigenvalue weighted by atomic mass is 16.4. The van der Waals surface area contributed by atoms with Crippen molar-refractivity contribution in [2.24, 2.45) is 11.8 Å². The van der Waals surface area contributed by atoms with Crippen LogP contribution >= 0.6 is 0 Å². The molecule has 0 bridgehead atoms. The second-order valence-electron chi connectivity index (χ2n) is 5.90. The van der Waals surface area contributed by atoms with Crippen molar-refractivity contribution >= 4 is 17.9 Å². The predicted molar refractivity (Wildman–Crippen MR) is 77.8 cm³/mol. The van der Waals surface area contributed by atoms with Gasteiger partial charge in [-0.2, -0.15) is 0 Å². The number of hydrogen-bond acceptors (Lipinski definition) is 3. The summed E-state index contributed by atoms with van der Waals surface area (Å²) in [7, 11) is 0. The van der Waals surface area contributed by atoms with Gasteiger partial charge in [-0.15, -0.1) is 0 Å². The van der Waals surface area contributed by atoms with Crippen LogP contribution in [0.25, 0.3) is 0 Å². The molecular formula is C14H25N3O4. The molecule has 0 atom stereocenters. The van der Waals surface area contributed by atoms with Gasteiger partial charge in [0, 0.05) is 26.1 Å². The Balaban J connectivity index is 2.25. The van der Waals surface area contributed by atoms with Crippen LogP contribution < -0.4 is 10.6 Å². The van der Waals surface area contributed by atoms with Crippen molar-refractivity contribution in [2.75, 3.05) is 26.2 Å². The van der Waals surface area contributed by atoms with E-state index in [1.807, 2.05) is 13.8 Å². The maximum atomic E-state index is 11.9. The van der Waals surface area contributed by atoms with E-state index in [4.69, 9.17) is 5.11 Å². The van der Waals surface area contributed by atoms with E-state index in [1.54, 1.807) is 0 Å². The second kappa shape index (κ2) is 8.49. The van der Waals surface area contributed by atoms with Gasteiger partial charge in [-0.05, 0) is 24.7 Å². The maximum Gasteiger partial charge on any atom is 0.323 e. The number of nitrogens with zero attached hydrogens (tertiary/aromatic N) is 1. The quantitative estimate of drug-likeness (QED) is 0.582. The monoisotopic (exact) mass is 299 g/mol. The smallest absolute Gasteiger partial charge is 0.323 e. The van der Waals surface area contributed by atoms with Crippen LogP contribution in [0.2, 0.25) is 0 Å². The molecule has 3 amide bonds. The summed E-state index contributed by atoms with van der Waals surface area (Å²) in [5, 5.41) is 14.2. The molecule has 1 aliphatic rings. The lowest BCUT2D eigenvalue weighted by Crippen LogP contribution is -2.44. The van der Waals surface area contributed by atoms with Gasteiger partial charge >= 0.3 is 12.0 Å². The minimum Gasteiger partial charge on any atom is -0.480 e. The molecule has 3 N–H and O–H groups in total. The molecule has 0 aromatic heterocycles. The summed E-state index contributed by atoms with van der Waals surface area (Å²) in [5.41, 5.74) is 0. The van der Waals surface area contributed by atoms with E-state index < -0.39 is 12.0 Å². The highest BCUT2D eigenvalue weighted by molar-refractivity contribution is 5.81. The Kier molecular flexibility index (Phi) is 6.98. The van der Waals surface area contributed by atoms with E-state index in [9.17, 15) is 14.4 Å². The summed E-state index contributed by atoms with van der Waals surface area (Å²) in [5.74, 6) is -0.339. The van der Waals surface area contributed by atoms with Crippen LogP contribution in [0.4, 0.5) is 4.79 Å². The molecule has 0 aromatic rings. The Morgan fingerprint density at radius 1 is 1.24 bits per heavy atom. The minimum absolute atomic E-state index is 0.115. The fourth-order valence-corrected chi connectivity index (χ4v) is 1.80. The molecule has 1 fully saturated rings. The zero-order valence-electron chi connectivity index (χ0n) is 12.7. The average Bonchev–Trinajstić information content (AvgIpc) is 3.18. The van der Waals surface area contributed by atoms with E-state index in [1.165, 1.54) is 4.90 Å². The summed E-state index contributed by atoms with van der Waals surface area (Å²) in [6, 6.07) is -0.416. The Morgan fingerprint density at radius 3 is 2.43 bits per heavy atom. The first-order valence-corrected chi connectivity index (χ1v) is 7.39. The summed E-state index contributed by atoms with van der Waals surface area (Å²) in [4.78, 5) is 35.5. The first-order valence-electron chi connectivity index (χ1n) is 7.39. The molecule has 120 valence electrons. The standard InChI is InChI=1S/C14H25N3O4/c1-10(2)7-16-12(18)5-6-15-14(21)17(9-13(19)20)8-11-3-4-11/h10-11H,3-9H2,1-2H3,(H,15,21)(H,16,18)(H,19,20). The lowest BCUT2D eigenvalue weighted by molar-refractivity contribution is -0.137. The molecule has 0 unspecified atom stereocenters. The molecule has 0 aliphatic heterocycles. The Morgan fingerprint density at radius 2 is 1.90 bits per heavy atom. The number of carbonyl (C=O) groups excluding carboxylic acids is 2. The molecule has 7 nitrogen and oxygen atoms in total. The largest absolute Gasteiger partial charge is 0.480 e. The van der Waals surface area contributed by atoms with Gasteiger partial charge in [0.15, 0.2) is 0 Å². The Hall–Kier alpha value is -1.79. The fraction of sp³-hybridized carbons (Fsp3) is 0.786. The minimum atomic E-state index is -1.03. The van der Waals surface area contributed by atoms with Crippen molar-refractivity contribution in [1.29, 1.82) is 0 Å². The van der Waals surface area contributed by atoms with Crippen LogP contribution in [0, 0.1) is 11.8 Å². The van der Waals surface area contributed by atoms with Crippen LogP contribution in [0.5, 0.6) is 0 Å². The van der Waals surface area contributed by atoms with Crippen molar-refractivity contribution in [3.63, 3.8) is 0 Å². The van der Waals surface area contributed by atoms with Gasteiger partial charge in [-0.25, -0.2) is 4.79 Å². The van der Waals surface area contributed by atoms with E-state index in [0.29, 0.717) is 24.9 Å². The Labute approximate surface area is 125 Å². The van der Waals surface area contributed by atoms with Crippen molar-refractivity contribution in [2.45, 2.75) is 33.1 Å². The average molecular weight is 299 g/mol. The summed E-state index contributed by atoms with van der Waals surface area (Å²) >= 11 is 0. The molecule has 7 heteroatoms. The normalized spacial score (nSPS) is 13.9. The number of carboxylic acids is 1. The van der Waals surface area contributed by atoms with Crippen molar-refractivity contribution in [3.05, 3.63) is 0 Å². The van der Waals surface area contributed by atoms with Crippen LogP contribution in [0.15, 0.2) is 0 Å². The number of rotatable bonds is 9. The molecule has 0 heterocycles. The maximum absolute atomic E-state index is 11.9. The van der Waals surface area contributed by atoms with E-state index in [2.05, 4.69) is 10.6 Å². The van der Waals surface area contributed by atoms with E-state index in [0.717, 1.165) is 12.8 Å². The number of carbonyl (C=O) groups is 3. The lowest BCUT2D eigenvalue weighted by Gasteiger charge is -2.21. The first kappa shape index (κ1) is 17.3. The summed E-state index contributed by atoms with van der Waals surface area (Å²) in [6.45, 7) is 5.00. The molecule has 1 aliphatic carbocycles. The molecule has 1 saturated carbocycles. The zero-order chi connectivity index (χ0) is 15.8. The van der Waals surface area contributed by atoms with E-state index >= 15 is 0 Å². The van der Waals surface area contributed by atoms with Gasteiger partial charge in [-0.3, -0.25) is 9.59 Å². The number of carboxylic acid groups (broad SMARTS) is 1. The molecule has 21 heavy (non-hydrogen) atoms. The second-order valence-corrected chi connectivity index (χ2v) is 5.90. The third kappa shape index (κ3) is 8.16. The molecular weight excluding hydrogens is 274 g/mol. The third-order valence-electron chi connectivity index (χ3n) is 3.12. The highest BCUT2D eigenvalue weighted by Gasteiger charge is 2.27. The number of nitrogens with one attached hydrogen (secondary N) is 2. The van der Waals surface area contributed by atoms with Gasteiger partial charge in [-0.1, -0.05) is 13.8 Å². The topological polar surface area (TPSA) is 98.7 Å². The summed E-state index contributed by atoms with van der Waals surface area (Å²) in [6.07, 6.45) is 2.28. The molecule has 0 aromatic carbocycles. The van der Waals surface area contributed by atoms with Gasteiger partial charge in [0.2, 0.25) is 5.91 Å². The predicted octanol–water partition coefficient (Wildman–Crippen LogP) is 0.655. The van der Waals surface area contributed by atoms with Crippen LogP contribution in [0.1, 0.15) is 33.1 Å². The molecule has 0 spiro atoms. The van der Waals surface area contributed by atoms with Gasteiger partial charge in [0.25, 0.3) is 0 Å². The van der Waals surface area contributed by atoms with Gasteiger partial charge in [0.1, 0.15) is 6.54 Å². The first-order chi connectivity index (χ1) is 9.88. The summed E-state index contributed by atoms with van der Waals surface area (Å²) < 4.78 is 0. The molecule has 0 radical (unpaired) electrons. The zero-order valence-corrected chi connectivity index (χ0v) is 12.7. The lowest BCUT2D eigenvalue weighted by atomic mass is 10.2. The van der Waals surface area contributed by atoms with E-state index in [-0.39, 0.29) is 25.4 Å². The highest BCUT2D eigenvalue weighted by Crippen LogP contribution is 2.29. The number of hydrogen-bond donors (Lipinski definition) is 3. The van der Waals surface area contributed by atoms with Crippen molar-refractivity contribution in [3.8, 4) is 0 Å². The number of urea groups is 1. The van der Waals surface area contributed by atoms with Gasteiger partial charge < -0.3 is 20.6 Å². The number of aliphatic carboxylic acids is 1. The van der Waals surface area contributed by atoms with Crippen LogP contribution in [0.3, 0.4) is 0 Å². The Bertz CT molecular complexity index is 380. The third-order valence-corrected chi connectivity index (χ3v) is 3.12. The van der Waals surface area contributed by atoms with Crippen molar-refractivity contribution < 1.29 is 19.5 Å². The number of amides is 3. The molecule has 0 saturated heterocycles. The van der Waals surface area contributed by atoms with Crippen LogP contribution in [-0.2, 0) is 9.59 Å². The molecule has 1 rings (SSSR count). The van der Waals surface area contributed by atoms with Crippen molar-refractivity contribution in [1.82, 2.24) is 15.5 Å². The SMILES string of the molecule is CC(C)CNC(=O)CCNC(=O)N(CC(=O)O)CC1CC1. The fourth-order valence-electron chi connectivity index (χ4n) is 1.80. The van der Waals surface area contributed by atoms with Crippen LogP contribution in [-0.4, -0.2) is 54.1 Å². The van der Waals surface area contributed by atoms with Gasteiger partial charge in [0.05, 0.1) is 0 Å².